The first kappa shape index (κ1) is 29.9. The van der Waals surface area contributed by atoms with Crippen LogP contribution in [-0.2, 0) is 4.43 Å². The minimum atomic E-state index is -1.94. The van der Waals surface area contributed by atoms with Crippen LogP contribution in [0.4, 0.5) is 4.39 Å². The molecule has 0 radical (unpaired) electrons. The third-order valence-corrected chi connectivity index (χ3v) is 11.8. The average molecular weight is 580 g/mol. The van der Waals surface area contributed by atoms with Crippen molar-refractivity contribution in [3.8, 4) is 5.75 Å². The van der Waals surface area contributed by atoms with Crippen molar-refractivity contribution in [2.24, 2.45) is 0 Å². The fraction of sp³-hybridized carbons (Fsp3) is 0.333. The summed E-state index contributed by atoms with van der Waals surface area (Å²) >= 11 is 0. The van der Waals surface area contributed by atoms with E-state index in [1.165, 1.54) is 24.6 Å². The van der Waals surface area contributed by atoms with E-state index in [4.69, 9.17) is 13.6 Å². The lowest BCUT2D eigenvalue weighted by molar-refractivity contribution is 0.0812. The summed E-state index contributed by atoms with van der Waals surface area (Å²) in [7, 11) is -1.94. The Bertz CT molecular complexity index is 1590. The minimum Gasteiger partial charge on any atom is -0.491 e. The zero-order valence-electron chi connectivity index (χ0n) is 23.9. The SMILES string of the molecule is CC(COc1ccc(C(=O)NC(C(=O)c2ccc(F)cc2)n2cc3ccoc3nc2=O)cc1)O[Si](C)(C)C(C)(C)C. The van der Waals surface area contributed by atoms with Crippen LogP contribution in [0.1, 0.15) is 54.6 Å². The predicted octanol–water partition coefficient (Wildman–Crippen LogP) is 5.73. The van der Waals surface area contributed by atoms with Crippen LogP contribution in [-0.4, -0.2) is 42.3 Å². The van der Waals surface area contributed by atoms with E-state index in [9.17, 15) is 18.8 Å². The first-order valence-corrected chi connectivity index (χ1v) is 16.1. The minimum absolute atomic E-state index is 0.0810. The summed E-state index contributed by atoms with van der Waals surface area (Å²) in [5.41, 5.74) is -0.352. The molecular formula is C30H34FN3O6Si. The molecule has 0 spiro atoms. The molecule has 11 heteroatoms. The van der Waals surface area contributed by atoms with Gasteiger partial charge < -0.3 is 18.9 Å². The summed E-state index contributed by atoms with van der Waals surface area (Å²) in [5, 5.41) is 3.17. The molecule has 2 atom stereocenters. The van der Waals surface area contributed by atoms with Crippen LogP contribution in [0.5, 0.6) is 5.75 Å². The number of rotatable bonds is 10. The Labute approximate surface area is 238 Å². The highest BCUT2D eigenvalue weighted by Gasteiger charge is 2.38. The molecule has 1 amide bonds. The van der Waals surface area contributed by atoms with Crippen molar-refractivity contribution in [3.05, 3.63) is 94.5 Å². The van der Waals surface area contributed by atoms with Crippen LogP contribution >= 0.6 is 0 Å². The number of hydrogen-bond donors (Lipinski definition) is 1. The van der Waals surface area contributed by atoms with E-state index >= 15 is 0 Å². The first-order chi connectivity index (χ1) is 19.2. The van der Waals surface area contributed by atoms with Gasteiger partial charge in [-0.15, -0.1) is 0 Å². The summed E-state index contributed by atoms with van der Waals surface area (Å²) in [5.74, 6) is -1.20. The van der Waals surface area contributed by atoms with Crippen LogP contribution in [0.3, 0.4) is 0 Å². The summed E-state index contributed by atoms with van der Waals surface area (Å²) in [6.45, 7) is 13.2. The lowest BCUT2D eigenvalue weighted by Gasteiger charge is -2.38. The number of carbonyl (C=O) groups is 2. The Morgan fingerprint density at radius 1 is 1.05 bits per heavy atom. The van der Waals surface area contributed by atoms with Gasteiger partial charge in [0, 0.05) is 17.3 Å². The number of nitrogens with zero attached hydrogens (tertiary/aromatic N) is 2. The van der Waals surface area contributed by atoms with E-state index in [2.05, 4.69) is 44.2 Å². The van der Waals surface area contributed by atoms with E-state index in [0.717, 1.165) is 16.7 Å². The van der Waals surface area contributed by atoms with Gasteiger partial charge in [0.2, 0.25) is 11.5 Å². The molecule has 216 valence electrons. The Kier molecular flexibility index (Phi) is 8.60. The number of ether oxygens (including phenoxy) is 1. The molecule has 4 rings (SSSR count). The van der Waals surface area contributed by atoms with Gasteiger partial charge in [-0.25, -0.2) is 9.18 Å². The standard InChI is InChI=1S/C30H34FN3O6Si/c1-19(40-41(5,6)30(2,3)4)18-39-24-13-9-21(10-14-24)27(36)32-26(25(35)20-7-11-23(31)12-8-20)34-17-22-15-16-38-28(22)33-29(34)37/h7-17,19,26H,18H2,1-6H3,(H,32,36). The number of hydrogen-bond acceptors (Lipinski definition) is 7. The lowest BCUT2D eigenvalue weighted by Crippen LogP contribution is -2.44. The van der Waals surface area contributed by atoms with E-state index in [0.29, 0.717) is 17.7 Å². The number of amides is 1. The summed E-state index contributed by atoms with van der Waals surface area (Å²) in [6, 6.07) is 12.8. The second kappa shape index (κ2) is 11.8. The van der Waals surface area contributed by atoms with Crippen LogP contribution < -0.4 is 15.7 Å². The molecule has 2 heterocycles. The molecule has 41 heavy (non-hydrogen) atoms. The van der Waals surface area contributed by atoms with Gasteiger partial charge in [-0.2, -0.15) is 4.98 Å². The van der Waals surface area contributed by atoms with Crippen LogP contribution in [0.15, 0.2) is 76.3 Å². The number of benzene rings is 2. The number of fused-ring (bicyclic) bond motifs is 1. The van der Waals surface area contributed by atoms with E-state index in [1.807, 2.05) is 6.92 Å². The number of halogens is 1. The van der Waals surface area contributed by atoms with Crippen LogP contribution in [0.25, 0.3) is 11.1 Å². The van der Waals surface area contributed by atoms with Crippen molar-refractivity contribution >= 4 is 31.1 Å². The number of furan rings is 1. The fourth-order valence-electron chi connectivity index (χ4n) is 3.91. The molecule has 1 N–H and O–H groups in total. The van der Waals surface area contributed by atoms with Crippen molar-refractivity contribution in [1.82, 2.24) is 14.9 Å². The van der Waals surface area contributed by atoms with Crippen molar-refractivity contribution in [3.63, 3.8) is 0 Å². The number of Topliss-reactive ketones (excluding diaryl/α,β-unsaturated/α-hetero) is 1. The highest BCUT2D eigenvalue weighted by atomic mass is 28.4. The van der Waals surface area contributed by atoms with Gasteiger partial charge in [0.15, 0.2) is 14.5 Å². The van der Waals surface area contributed by atoms with Gasteiger partial charge in [-0.05, 0) is 79.7 Å². The van der Waals surface area contributed by atoms with Gasteiger partial charge in [0.1, 0.15) is 18.2 Å². The third-order valence-electron chi connectivity index (χ3n) is 7.20. The second-order valence-corrected chi connectivity index (χ2v) is 16.1. The van der Waals surface area contributed by atoms with Crippen molar-refractivity contribution in [1.29, 1.82) is 0 Å². The maximum absolute atomic E-state index is 13.5. The first-order valence-electron chi connectivity index (χ1n) is 13.2. The van der Waals surface area contributed by atoms with E-state index < -0.39 is 37.7 Å². The summed E-state index contributed by atoms with van der Waals surface area (Å²) in [4.78, 5) is 43.3. The maximum atomic E-state index is 13.5. The highest BCUT2D eigenvalue weighted by molar-refractivity contribution is 6.74. The molecule has 0 saturated carbocycles. The Balaban J connectivity index is 1.51. The molecule has 0 bridgehead atoms. The molecule has 2 aromatic heterocycles. The molecular weight excluding hydrogens is 545 g/mol. The summed E-state index contributed by atoms with van der Waals surface area (Å²) < 4.78 is 31.9. The third kappa shape index (κ3) is 6.98. The topological polar surface area (TPSA) is 113 Å². The molecule has 2 aromatic carbocycles. The molecule has 0 fully saturated rings. The van der Waals surface area contributed by atoms with Crippen molar-refractivity contribution in [2.75, 3.05) is 6.61 Å². The molecule has 0 aliphatic rings. The van der Waals surface area contributed by atoms with Crippen molar-refractivity contribution in [2.45, 2.75) is 58.1 Å². The number of nitrogens with one attached hydrogen (secondary N) is 1. The Hall–Kier alpha value is -4.09. The van der Waals surface area contributed by atoms with Gasteiger partial charge in [-0.3, -0.25) is 14.2 Å². The molecule has 0 aliphatic heterocycles. The van der Waals surface area contributed by atoms with Gasteiger partial charge >= 0.3 is 5.69 Å². The molecule has 0 saturated heterocycles. The fourth-order valence-corrected chi connectivity index (χ4v) is 5.33. The van der Waals surface area contributed by atoms with Crippen LogP contribution in [0, 0.1) is 5.82 Å². The number of aromatic nitrogens is 2. The van der Waals surface area contributed by atoms with Crippen molar-refractivity contribution < 1.29 is 27.6 Å². The van der Waals surface area contributed by atoms with Gasteiger partial charge in [0.25, 0.3) is 5.91 Å². The monoisotopic (exact) mass is 579 g/mol. The lowest BCUT2D eigenvalue weighted by atomic mass is 10.1. The maximum Gasteiger partial charge on any atom is 0.353 e. The van der Waals surface area contributed by atoms with Gasteiger partial charge in [-0.1, -0.05) is 20.8 Å². The Morgan fingerprint density at radius 2 is 1.68 bits per heavy atom. The van der Waals surface area contributed by atoms with Gasteiger partial charge in [0.05, 0.1) is 17.8 Å². The quantitative estimate of drug-likeness (QED) is 0.189. The molecule has 2 unspecified atom stereocenters. The van der Waals surface area contributed by atoms with Crippen LogP contribution in [0.2, 0.25) is 18.1 Å². The zero-order valence-corrected chi connectivity index (χ0v) is 24.9. The normalized spacial score (nSPS) is 13.5. The predicted molar refractivity (Wildman–Crippen MR) is 155 cm³/mol. The largest absolute Gasteiger partial charge is 0.491 e. The second-order valence-electron chi connectivity index (χ2n) is 11.4. The molecule has 0 aliphatic carbocycles. The van der Waals surface area contributed by atoms with E-state index in [-0.39, 0.29) is 28.0 Å². The molecule has 4 aromatic rings. The number of ketones is 1. The number of carbonyl (C=O) groups excluding carboxylic acids is 2. The smallest absolute Gasteiger partial charge is 0.353 e. The zero-order chi connectivity index (χ0) is 29.9. The molecule has 9 nitrogen and oxygen atoms in total. The summed E-state index contributed by atoms with van der Waals surface area (Å²) in [6.07, 6.45) is 1.18. The highest BCUT2D eigenvalue weighted by Crippen LogP contribution is 2.37. The van der Waals surface area contributed by atoms with E-state index in [1.54, 1.807) is 30.3 Å². The Morgan fingerprint density at radius 3 is 2.32 bits per heavy atom. The average Bonchev–Trinajstić information content (AvgIpc) is 3.37.